The smallest absolute Gasteiger partial charge is 0.228 e. The monoisotopic (exact) mass is 345 g/mol. The van der Waals surface area contributed by atoms with E-state index in [0.29, 0.717) is 6.04 Å². The van der Waals surface area contributed by atoms with Gasteiger partial charge in [-0.25, -0.2) is 0 Å². The largest absolute Gasteiger partial charge is 0.378 e. The van der Waals surface area contributed by atoms with Crippen LogP contribution in [0.15, 0.2) is 45.8 Å². The van der Waals surface area contributed by atoms with Gasteiger partial charge in [-0.3, -0.25) is 9.69 Å². The van der Waals surface area contributed by atoms with E-state index in [4.69, 9.17) is 0 Å². The fourth-order valence-electron chi connectivity index (χ4n) is 2.49. The maximum absolute atomic E-state index is 12.3. The minimum Gasteiger partial charge on any atom is -0.378 e. The lowest BCUT2D eigenvalue weighted by Crippen LogP contribution is -2.30. The Labute approximate surface area is 149 Å². The van der Waals surface area contributed by atoms with Crippen LogP contribution in [0.4, 0.5) is 11.4 Å². The molecule has 0 aliphatic carbocycles. The van der Waals surface area contributed by atoms with E-state index in [1.165, 1.54) is 0 Å². The van der Waals surface area contributed by atoms with E-state index in [0.717, 1.165) is 26.9 Å². The number of nitrogens with zero attached hydrogens (tertiary/aromatic N) is 3. The molecule has 1 amide bonds. The summed E-state index contributed by atoms with van der Waals surface area (Å²) in [5.41, 5.74) is 3.06. The first-order chi connectivity index (χ1) is 11.2. The van der Waals surface area contributed by atoms with Crippen molar-refractivity contribution in [1.29, 1.82) is 0 Å². The number of thioether (sulfide) groups is 1. The number of likely N-dealkylation sites (N-methyl/N-ethyl adjacent to an activating group) is 1. The maximum atomic E-state index is 12.3. The third kappa shape index (κ3) is 3.84. The van der Waals surface area contributed by atoms with Crippen LogP contribution in [0.25, 0.3) is 0 Å². The molecule has 0 N–H and O–H groups in total. The van der Waals surface area contributed by atoms with Crippen molar-refractivity contribution in [1.82, 2.24) is 4.90 Å². The van der Waals surface area contributed by atoms with Crippen molar-refractivity contribution in [3.8, 4) is 0 Å². The molecule has 24 heavy (non-hydrogen) atoms. The quantitative estimate of drug-likeness (QED) is 0.825. The Hall–Kier alpha value is -1.72. The molecule has 0 radical (unpaired) electrons. The minimum absolute atomic E-state index is 0.0330. The van der Waals surface area contributed by atoms with Gasteiger partial charge in [0.05, 0.1) is 11.4 Å². The lowest BCUT2D eigenvalue weighted by Gasteiger charge is -2.31. The van der Waals surface area contributed by atoms with E-state index >= 15 is 0 Å². The predicted octanol–water partition coefficient (Wildman–Crippen LogP) is 3.95. The summed E-state index contributed by atoms with van der Waals surface area (Å²) in [4.78, 5) is 20.6. The Morgan fingerprint density at radius 3 is 2.46 bits per heavy atom. The molecule has 0 saturated carbocycles. The van der Waals surface area contributed by atoms with Crippen molar-refractivity contribution in [3.05, 3.63) is 41.0 Å². The highest BCUT2D eigenvalue weighted by Crippen LogP contribution is 2.45. The summed E-state index contributed by atoms with van der Waals surface area (Å²) in [6, 6.07) is 6.54. The number of amides is 1. The number of allylic oxidation sites excluding steroid dienone is 2. The summed E-state index contributed by atoms with van der Waals surface area (Å²) in [7, 11) is 8.15. The molecule has 0 saturated heterocycles. The first kappa shape index (κ1) is 18.6. The first-order valence-corrected chi connectivity index (χ1v) is 8.89. The van der Waals surface area contributed by atoms with Gasteiger partial charge in [0.1, 0.15) is 0 Å². The Bertz CT molecular complexity index is 692. The van der Waals surface area contributed by atoms with E-state index in [2.05, 4.69) is 47.9 Å². The van der Waals surface area contributed by atoms with Gasteiger partial charge in [-0.05, 0) is 52.2 Å². The standard InChI is InChI=1S/C19H27N3OS/c1-13(20(4)5)8-10-17-14(2)24-19-12-16(21(6)7)9-11-18(19)22(17)15(3)23/h8-13H,1-7H3/b10-8-. The van der Waals surface area contributed by atoms with Crippen LogP contribution in [0.3, 0.4) is 0 Å². The van der Waals surface area contributed by atoms with Crippen LogP contribution in [0.1, 0.15) is 20.8 Å². The summed E-state index contributed by atoms with van der Waals surface area (Å²) >= 11 is 1.73. The van der Waals surface area contributed by atoms with Gasteiger partial charge in [0.25, 0.3) is 0 Å². The van der Waals surface area contributed by atoms with E-state index in [1.54, 1.807) is 18.7 Å². The summed E-state index contributed by atoms with van der Waals surface area (Å²) in [5.74, 6) is 0.0330. The molecule has 0 bridgehead atoms. The molecule has 0 fully saturated rings. The second-order valence-electron chi connectivity index (χ2n) is 6.51. The van der Waals surface area contributed by atoms with Gasteiger partial charge in [-0.1, -0.05) is 17.8 Å². The zero-order chi connectivity index (χ0) is 18.0. The van der Waals surface area contributed by atoms with Crippen molar-refractivity contribution >= 4 is 29.0 Å². The normalized spacial score (nSPS) is 15.9. The summed E-state index contributed by atoms with van der Waals surface area (Å²) in [6.45, 7) is 5.83. The van der Waals surface area contributed by atoms with Crippen LogP contribution in [-0.4, -0.2) is 45.0 Å². The molecule has 1 aliphatic rings. The third-order valence-corrected chi connectivity index (χ3v) is 5.29. The fourth-order valence-corrected chi connectivity index (χ4v) is 3.52. The van der Waals surface area contributed by atoms with Crippen molar-refractivity contribution in [2.75, 3.05) is 38.0 Å². The number of hydrogen-bond donors (Lipinski definition) is 0. The molecular formula is C19H27N3OS. The molecule has 1 atom stereocenters. The topological polar surface area (TPSA) is 26.8 Å². The van der Waals surface area contributed by atoms with Crippen molar-refractivity contribution in [2.24, 2.45) is 0 Å². The van der Waals surface area contributed by atoms with Gasteiger partial charge >= 0.3 is 0 Å². The second-order valence-corrected chi connectivity index (χ2v) is 7.76. The first-order valence-electron chi connectivity index (χ1n) is 8.07. The lowest BCUT2D eigenvalue weighted by atomic mass is 10.2. The number of anilines is 2. The fraction of sp³-hybridized carbons (Fsp3) is 0.421. The third-order valence-electron chi connectivity index (χ3n) is 4.23. The number of rotatable bonds is 4. The zero-order valence-corrected chi connectivity index (χ0v) is 16.4. The Balaban J connectivity index is 2.46. The van der Waals surface area contributed by atoms with Gasteiger partial charge in [0.15, 0.2) is 0 Å². The molecule has 1 aromatic carbocycles. The minimum atomic E-state index is 0.0330. The summed E-state index contributed by atoms with van der Waals surface area (Å²) < 4.78 is 0. The molecule has 1 aromatic rings. The van der Waals surface area contributed by atoms with Gasteiger partial charge in [-0.2, -0.15) is 0 Å². The van der Waals surface area contributed by atoms with Crippen LogP contribution in [0.5, 0.6) is 0 Å². The molecular weight excluding hydrogens is 318 g/mol. The Morgan fingerprint density at radius 2 is 1.92 bits per heavy atom. The average molecular weight is 346 g/mol. The van der Waals surface area contributed by atoms with E-state index in [-0.39, 0.29) is 5.91 Å². The van der Waals surface area contributed by atoms with Gasteiger partial charge in [-0.15, -0.1) is 0 Å². The molecule has 1 unspecified atom stereocenters. The lowest BCUT2D eigenvalue weighted by molar-refractivity contribution is -0.116. The van der Waals surface area contributed by atoms with Gasteiger partial charge in [0.2, 0.25) is 5.91 Å². The molecule has 0 spiro atoms. The summed E-state index contributed by atoms with van der Waals surface area (Å²) in [5, 5.41) is 0. The molecule has 5 heteroatoms. The predicted molar refractivity (Wildman–Crippen MR) is 105 cm³/mol. The number of carbonyl (C=O) groups is 1. The Kier molecular flexibility index (Phi) is 5.78. The Morgan fingerprint density at radius 1 is 1.25 bits per heavy atom. The highest BCUT2D eigenvalue weighted by Gasteiger charge is 2.26. The zero-order valence-electron chi connectivity index (χ0n) is 15.6. The van der Waals surface area contributed by atoms with E-state index in [9.17, 15) is 4.79 Å². The highest BCUT2D eigenvalue weighted by atomic mass is 32.2. The van der Waals surface area contributed by atoms with Crippen molar-refractivity contribution in [2.45, 2.75) is 31.7 Å². The SMILES string of the molecule is CC(=O)N1C(/C=C\C(C)N(C)C)=C(C)Sc2cc(N(C)C)ccc21. The highest BCUT2D eigenvalue weighted by molar-refractivity contribution is 8.03. The van der Waals surface area contributed by atoms with Crippen LogP contribution >= 0.6 is 11.8 Å². The molecule has 130 valence electrons. The van der Waals surface area contributed by atoms with Crippen molar-refractivity contribution in [3.63, 3.8) is 0 Å². The maximum Gasteiger partial charge on any atom is 0.228 e. The summed E-state index contributed by atoms with van der Waals surface area (Å²) in [6.07, 6.45) is 4.20. The van der Waals surface area contributed by atoms with Crippen LogP contribution in [0, 0.1) is 0 Å². The van der Waals surface area contributed by atoms with Crippen molar-refractivity contribution < 1.29 is 4.79 Å². The molecule has 1 heterocycles. The molecule has 4 nitrogen and oxygen atoms in total. The van der Waals surface area contributed by atoms with Gasteiger partial charge < -0.3 is 9.80 Å². The average Bonchev–Trinajstić information content (AvgIpc) is 2.50. The van der Waals surface area contributed by atoms with Crippen LogP contribution in [-0.2, 0) is 4.79 Å². The van der Waals surface area contributed by atoms with Gasteiger partial charge in [0, 0.05) is 42.5 Å². The van der Waals surface area contributed by atoms with E-state index in [1.807, 2.05) is 39.2 Å². The van der Waals surface area contributed by atoms with Crippen LogP contribution in [0.2, 0.25) is 0 Å². The van der Waals surface area contributed by atoms with Crippen LogP contribution < -0.4 is 9.80 Å². The molecule has 1 aliphatic heterocycles. The molecule has 0 aromatic heterocycles. The number of fused-ring (bicyclic) bond motifs is 1. The molecule has 2 rings (SSSR count). The number of carbonyl (C=O) groups excluding carboxylic acids is 1. The number of hydrogen-bond acceptors (Lipinski definition) is 4. The van der Waals surface area contributed by atoms with E-state index < -0.39 is 0 Å². The second kappa shape index (κ2) is 7.45. The number of benzene rings is 1.